The Bertz CT molecular complexity index is 702. The summed E-state index contributed by atoms with van der Waals surface area (Å²) in [6.07, 6.45) is 0.960. The Morgan fingerprint density at radius 2 is 2.00 bits per heavy atom. The maximum atomic E-state index is 9.23. The van der Waals surface area contributed by atoms with E-state index in [2.05, 4.69) is 21.3 Å². The average Bonchev–Trinajstić information content (AvgIpc) is 3.03. The van der Waals surface area contributed by atoms with E-state index in [4.69, 9.17) is 20.8 Å². The number of hydrogen-bond donors (Lipinski definition) is 1. The van der Waals surface area contributed by atoms with E-state index >= 15 is 0 Å². The van der Waals surface area contributed by atoms with Crippen LogP contribution in [0.3, 0.4) is 0 Å². The van der Waals surface area contributed by atoms with Crippen molar-refractivity contribution in [2.75, 3.05) is 44.7 Å². The number of aromatic nitrogens is 1. The number of morpholine rings is 1. The third kappa shape index (κ3) is 4.26. The molecule has 1 aromatic carbocycles. The van der Waals surface area contributed by atoms with Crippen LogP contribution in [0.2, 0.25) is 5.02 Å². The van der Waals surface area contributed by atoms with Crippen LogP contribution in [-0.2, 0) is 4.74 Å². The highest BCUT2D eigenvalue weighted by atomic mass is 35.5. The van der Waals surface area contributed by atoms with E-state index in [1.54, 1.807) is 12.1 Å². The Balaban J connectivity index is 1.57. The van der Waals surface area contributed by atoms with Crippen molar-refractivity contribution in [3.63, 3.8) is 0 Å². The largest absolute Gasteiger partial charge is 0.419 e. The van der Waals surface area contributed by atoms with Gasteiger partial charge in [0.2, 0.25) is 17.5 Å². The van der Waals surface area contributed by atoms with Crippen LogP contribution in [0.1, 0.15) is 12.1 Å². The zero-order valence-corrected chi connectivity index (χ0v) is 14.1. The fraction of sp³-hybridized carbons (Fsp3) is 0.412. The Kier molecular flexibility index (Phi) is 5.70. The fourth-order valence-corrected chi connectivity index (χ4v) is 2.69. The van der Waals surface area contributed by atoms with Crippen molar-refractivity contribution in [1.82, 2.24) is 9.88 Å². The van der Waals surface area contributed by atoms with Gasteiger partial charge in [-0.3, -0.25) is 4.90 Å². The highest BCUT2D eigenvalue weighted by Crippen LogP contribution is 2.26. The van der Waals surface area contributed by atoms with Gasteiger partial charge in [-0.15, -0.1) is 0 Å². The van der Waals surface area contributed by atoms with Crippen molar-refractivity contribution >= 4 is 17.5 Å². The molecule has 3 rings (SSSR count). The molecular formula is C17H19ClN4O2. The Morgan fingerprint density at radius 3 is 2.71 bits per heavy atom. The normalized spacial score (nSPS) is 15.2. The Hall–Kier alpha value is -2.07. The zero-order valence-electron chi connectivity index (χ0n) is 13.3. The van der Waals surface area contributed by atoms with E-state index in [-0.39, 0.29) is 5.69 Å². The van der Waals surface area contributed by atoms with Gasteiger partial charge >= 0.3 is 0 Å². The van der Waals surface area contributed by atoms with Gasteiger partial charge in [-0.05, 0) is 37.2 Å². The van der Waals surface area contributed by atoms with E-state index in [1.807, 2.05) is 12.1 Å². The first-order chi connectivity index (χ1) is 11.8. The van der Waals surface area contributed by atoms with E-state index in [9.17, 15) is 5.26 Å². The number of nitrogens with zero attached hydrogens (tertiary/aromatic N) is 3. The minimum Gasteiger partial charge on any atom is -0.419 e. The summed E-state index contributed by atoms with van der Waals surface area (Å²) >= 11 is 5.88. The van der Waals surface area contributed by atoms with Crippen LogP contribution in [-0.4, -0.2) is 49.3 Å². The van der Waals surface area contributed by atoms with Crippen LogP contribution in [0, 0.1) is 11.3 Å². The highest BCUT2D eigenvalue weighted by Gasteiger charge is 2.14. The molecule has 0 aliphatic carbocycles. The second kappa shape index (κ2) is 8.15. The molecule has 7 heteroatoms. The first kappa shape index (κ1) is 16.8. The summed E-state index contributed by atoms with van der Waals surface area (Å²) in [6.45, 7) is 5.29. The summed E-state index contributed by atoms with van der Waals surface area (Å²) in [5.41, 5.74) is 1.06. The molecule has 0 spiro atoms. The summed E-state index contributed by atoms with van der Waals surface area (Å²) in [6, 6.07) is 9.23. The maximum Gasteiger partial charge on any atom is 0.232 e. The van der Waals surface area contributed by atoms with Crippen molar-refractivity contribution < 1.29 is 9.15 Å². The molecule has 0 bridgehead atoms. The molecule has 2 heterocycles. The van der Waals surface area contributed by atoms with Gasteiger partial charge in [0.15, 0.2) is 0 Å². The van der Waals surface area contributed by atoms with Crippen molar-refractivity contribution in [1.29, 1.82) is 5.26 Å². The van der Waals surface area contributed by atoms with E-state index < -0.39 is 0 Å². The predicted octanol–water partition coefficient (Wildman–Crippen LogP) is 3.00. The van der Waals surface area contributed by atoms with Crippen LogP contribution in [0.5, 0.6) is 0 Å². The summed E-state index contributed by atoms with van der Waals surface area (Å²) in [4.78, 5) is 6.61. The number of hydrogen-bond acceptors (Lipinski definition) is 6. The summed E-state index contributed by atoms with van der Waals surface area (Å²) in [7, 11) is 0. The van der Waals surface area contributed by atoms with Gasteiger partial charge in [0.05, 0.1) is 13.2 Å². The molecular weight excluding hydrogens is 328 g/mol. The second-order valence-corrected chi connectivity index (χ2v) is 5.99. The minimum absolute atomic E-state index is 0.270. The molecule has 0 radical (unpaired) electrons. The van der Waals surface area contributed by atoms with Gasteiger partial charge in [0.25, 0.3) is 0 Å². The second-order valence-electron chi connectivity index (χ2n) is 5.55. The molecule has 6 nitrogen and oxygen atoms in total. The number of benzene rings is 1. The minimum atomic E-state index is 0.270. The smallest absolute Gasteiger partial charge is 0.232 e. The molecule has 1 aliphatic rings. The molecule has 2 aromatic rings. The van der Waals surface area contributed by atoms with Crippen molar-refractivity contribution in [2.45, 2.75) is 6.42 Å². The standard InChI is InChI=1S/C17H19ClN4O2/c18-14-4-2-13(3-5-14)16-21-15(12-19)17(24-16)20-6-1-7-22-8-10-23-11-9-22/h2-5,20H,1,6-11H2. The molecule has 1 aliphatic heterocycles. The number of anilines is 1. The predicted molar refractivity (Wildman–Crippen MR) is 92.0 cm³/mol. The maximum absolute atomic E-state index is 9.23. The molecule has 0 atom stereocenters. The molecule has 1 fully saturated rings. The lowest BCUT2D eigenvalue weighted by Gasteiger charge is -2.26. The van der Waals surface area contributed by atoms with Crippen molar-refractivity contribution in [3.8, 4) is 17.5 Å². The van der Waals surface area contributed by atoms with Crippen LogP contribution in [0.25, 0.3) is 11.5 Å². The Labute approximate surface area is 146 Å². The summed E-state index contributed by atoms with van der Waals surface area (Å²) in [5.74, 6) is 0.836. The van der Waals surface area contributed by atoms with E-state index in [0.717, 1.165) is 51.4 Å². The van der Waals surface area contributed by atoms with Crippen LogP contribution < -0.4 is 5.32 Å². The lowest BCUT2D eigenvalue weighted by atomic mass is 10.2. The molecule has 1 aromatic heterocycles. The average molecular weight is 347 g/mol. The molecule has 0 amide bonds. The molecule has 126 valence electrons. The third-order valence-corrected chi connectivity index (χ3v) is 4.12. The van der Waals surface area contributed by atoms with Gasteiger partial charge in [-0.25, -0.2) is 0 Å². The van der Waals surface area contributed by atoms with Gasteiger partial charge in [0, 0.05) is 30.2 Å². The first-order valence-corrected chi connectivity index (χ1v) is 8.35. The molecule has 24 heavy (non-hydrogen) atoms. The number of halogens is 1. The lowest BCUT2D eigenvalue weighted by Crippen LogP contribution is -2.37. The van der Waals surface area contributed by atoms with E-state index in [1.165, 1.54) is 0 Å². The quantitative estimate of drug-likeness (QED) is 0.810. The SMILES string of the molecule is N#Cc1nc(-c2ccc(Cl)cc2)oc1NCCCN1CCOCC1. The fourth-order valence-electron chi connectivity index (χ4n) is 2.56. The number of nitrogens with one attached hydrogen (secondary N) is 1. The van der Waals surface area contributed by atoms with Gasteiger partial charge in [-0.1, -0.05) is 11.6 Å². The van der Waals surface area contributed by atoms with Gasteiger partial charge < -0.3 is 14.5 Å². The molecule has 1 N–H and O–H groups in total. The topological polar surface area (TPSA) is 74.3 Å². The molecule has 0 saturated carbocycles. The van der Waals surface area contributed by atoms with Crippen LogP contribution in [0.4, 0.5) is 5.88 Å². The van der Waals surface area contributed by atoms with E-state index in [0.29, 0.717) is 16.8 Å². The first-order valence-electron chi connectivity index (χ1n) is 7.97. The lowest BCUT2D eigenvalue weighted by molar-refractivity contribution is 0.0378. The summed E-state index contributed by atoms with van der Waals surface area (Å²) < 4.78 is 11.0. The van der Waals surface area contributed by atoms with Crippen molar-refractivity contribution in [2.24, 2.45) is 0 Å². The summed E-state index contributed by atoms with van der Waals surface area (Å²) in [5, 5.41) is 13.0. The molecule has 0 unspecified atom stereocenters. The van der Waals surface area contributed by atoms with Crippen LogP contribution >= 0.6 is 11.6 Å². The number of rotatable bonds is 6. The highest BCUT2D eigenvalue weighted by molar-refractivity contribution is 6.30. The third-order valence-electron chi connectivity index (χ3n) is 3.86. The number of oxazole rings is 1. The zero-order chi connectivity index (χ0) is 16.8. The number of ether oxygens (including phenoxy) is 1. The van der Waals surface area contributed by atoms with Crippen LogP contribution in [0.15, 0.2) is 28.7 Å². The van der Waals surface area contributed by atoms with Gasteiger partial charge in [0.1, 0.15) is 6.07 Å². The molecule has 1 saturated heterocycles. The monoisotopic (exact) mass is 346 g/mol. The Morgan fingerprint density at radius 1 is 1.25 bits per heavy atom. The number of nitriles is 1. The van der Waals surface area contributed by atoms with Crippen molar-refractivity contribution in [3.05, 3.63) is 35.0 Å². The van der Waals surface area contributed by atoms with Gasteiger partial charge in [-0.2, -0.15) is 10.2 Å².